The fraction of sp³-hybridized carbons (Fsp3) is 0.417. The van der Waals surface area contributed by atoms with Gasteiger partial charge >= 0.3 is 0 Å². The first-order valence-electron chi connectivity index (χ1n) is 5.85. The van der Waals surface area contributed by atoms with Gasteiger partial charge in [0.05, 0.1) is 15.9 Å². The van der Waals surface area contributed by atoms with Crippen LogP contribution in [0, 0.1) is 5.82 Å². The van der Waals surface area contributed by atoms with Crippen LogP contribution in [0.25, 0.3) is 0 Å². The first-order chi connectivity index (χ1) is 9.20. The predicted octanol–water partition coefficient (Wildman–Crippen LogP) is 1.69. The molecule has 0 saturated carbocycles. The van der Waals surface area contributed by atoms with Crippen molar-refractivity contribution in [2.75, 3.05) is 27.2 Å². The summed E-state index contributed by atoms with van der Waals surface area (Å²) in [4.78, 5) is 12.8. The van der Waals surface area contributed by atoms with Gasteiger partial charge in [0.1, 0.15) is 5.82 Å². The van der Waals surface area contributed by atoms with Crippen molar-refractivity contribution in [1.29, 1.82) is 0 Å². The van der Waals surface area contributed by atoms with Crippen molar-refractivity contribution in [3.8, 4) is 0 Å². The summed E-state index contributed by atoms with van der Waals surface area (Å²) in [6.07, 6.45) is 0. The van der Waals surface area contributed by atoms with Crippen LogP contribution in [0.3, 0.4) is 0 Å². The smallest absolute Gasteiger partial charge is 0.243 e. The first-order valence-corrected chi connectivity index (χ1v) is 8.08. The summed E-state index contributed by atoms with van der Waals surface area (Å²) < 4.78 is 39.4. The molecule has 0 unspecified atom stereocenters. The molecule has 8 heteroatoms. The van der Waals surface area contributed by atoms with Gasteiger partial charge in [0, 0.05) is 20.6 Å². The molecule has 1 aromatic carbocycles. The van der Waals surface area contributed by atoms with Crippen LogP contribution in [-0.4, -0.2) is 50.7 Å². The molecule has 1 amide bonds. The van der Waals surface area contributed by atoms with E-state index in [1.807, 2.05) is 0 Å². The number of sulfonamides is 1. The topological polar surface area (TPSA) is 57.7 Å². The summed E-state index contributed by atoms with van der Waals surface area (Å²) in [5, 5.41) is 0. The van der Waals surface area contributed by atoms with E-state index in [0.29, 0.717) is 0 Å². The fourth-order valence-electron chi connectivity index (χ4n) is 1.45. The molecule has 0 bridgehead atoms. The molecule has 112 valence electrons. The zero-order valence-electron chi connectivity index (χ0n) is 11.4. The molecule has 0 aliphatic heterocycles. The fourth-order valence-corrected chi connectivity index (χ4v) is 3.10. The van der Waals surface area contributed by atoms with Gasteiger partial charge in [-0.25, -0.2) is 12.8 Å². The second kappa shape index (κ2) is 6.64. The minimum atomic E-state index is -3.89. The van der Waals surface area contributed by atoms with E-state index >= 15 is 0 Å². The van der Waals surface area contributed by atoms with Crippen LogP contribution in [-0.2, 0) is 14.8 Å². The molecule has 0 atom stereocenters. The molecule has 0 spiro atoms. The van der Waals surface area contributed by atoms with E-state index in [2.05, 4.69) is 15.9 Å². The highest BCUT2D eigenvalue weighted by atomic mass is 79.9. The summed E-state index contributed by atoms with van der Waals surface area (Å²) in [7, 11) is -0.807. The predicted molar refractivity (Wildman–Crippen MR) is 77.2 cm³/mol. The third-order valence-corrected chi connectivity index (χ3v) is 5.25. The number of amides is 1. The lowest BCUT2D eigenvalue weighted by Gasteiger charge is -2.21. The van der Waals surface area contributed by atoms with E-state index < -0.39 is 15.8 Å². The van der Waals surface area contributed by atoms with Gasteiger partial charge in [-0.3, -0.25) is 4.79 Å². The van der Waals surface area contributed by atoms with Crippen LogP contribution < -0.4 is 0 Å². The third kappa shape index (κ3) is 3.77. The van der Waals surface area contributed by atoms with Crippen molar-refractivity contribution in [3.05, 3.63) is 28.5 Å². The Morgan fingerprint density at radius 2 is 1.95 bits per heavy atom. The highest BCUT2D eigenvalue weighted by Gasteiger charge is 2.26. The molecule has 0 N–H and O–H groups in total. The van der Waals surface area contributed by atoms with Crippen LogP contribution >= 0.6 is 15.9 Å². The van der Waals surface area contributed by atoms with Crippen LogP contribution in [0.5, 0.6) is 0 Å². The van der Waals surface area contributed by atoms with Crippen molar-refractivity contribution in [1.82, 2.24) is 9.21 Å². The summed E-state index contributed by atoms with van der Waals surface area (Å²) in [6, 6.07) is 3.55. The van der Waals surface area contributed by atoms with Gasteiger partial charge in [-0.05, 0) is 34.1 Å². The molecule has 0 radical (unpaired) electrons. The van der Waals surface area contributed by atoms with Gasteiger partial charge in [-0.15, -0.1) is 0 Å². The number of halogens is 2. The number of hydrogen-bond donors (Lipinski definition) is 0. The van der Waals surface area contributed by atoms with Crippen LogP contribution in [0.2, 0.25) is 0 Å². The van der Waals surface area contributed by atoms with E-state index in [1.54, 1.807) is 21.0 Å². The Labute approximate surface area is 126 Å². The third-order valence-electron chi connectivity index (χ3n) is 2.69. The van der Waals surface area contributed by atoms with E-state index in [-0.39, 0.29) is 28.4 Å². The molecule has 0 aromatic heterocycles. The summed E-state index contributed by atoms with van der Waals surface area (Å²) in [6.45, 7) is 1.47. The lowest BCUT2D eigenvalue weighted by atomic mass is 10.3. The zero-order chi connectivity index (χ0) is 15.5. The molecule has 5 nitrogen and oxygen atoms in total. The SMILES string of the molecule is CCN(CC(=O)N(C)C)S(=O)(=O)c1ccc(Br)c(F)c1. The summed E-state index contributed by atoms with van der Waals surface area (Å²) >= 11 is 2.97. The molecular formula is C12H16BrFN2O3S. The Morgan fingerprint density at radius 3 is 2.40 bits per heavy atom. The summed E-state index contributed by atoms with van der Waals surface area (Å²) in [5.74, 6) is -1.01. The first kappa shape index (κ1) is 17.1. The molecule has 0 saturated heterocycles. The second-order valence-corrected chi connectivity index (χ2v) is 7.09. The Bertz CT molecular complexity index is 605. The van der Waals surface area contributed by atoms with E-state index in [0.717, 1.165) is 10.4 Å². The minimum absolute atomic E-state index is 0.125. The van der Waals surface area contributed by atoms with Crippen LogP contribution in [0.1, 0.15) is 6.92 Å². The minimum Gasteiger partial charge on any atom is -0.348 e. The van der Waals surface area contributed by atoms with Crippen molar-refractivity contribution < 1.29 is 17.6 Å². The number of carbonyl (C=O) groups excluding carboxylic acids is 1. The highest BCUT2D eigenvalue weighted by Crippen LogP contribution is 2.22. The Morgan fingerprint density at radius 1 is 1.35 bits per heavy atom. The second-order valence-electron chi connectivity index (χ2n) is 4.30. The number of carbonyl (C=O) groups is 1. The van der Waals surface area contributed by atoms with E-state index in [1.165, 1.54) is 17.0 Å². The Hall–Kier alpha value is -0.990. The van der Waals surface area contributed by atoms with Crippen molar-refractivity contribution in [2.24, 2.45) is 0 Å². The average molecular weight is 367 g/mol. The largest absolute Gasteiger partial charge is 0.348 e. The van der Waals surface area contributed by atoms with Gasteiger partial charge < -0.3 is 4.90 Å². The number of benzene rings is 1. The van der Waals surface area contributed by atoms with Gasteiger partial charge in [0.2, 0.25) is 15.9 Å². The van der Waals surface area contributed by atoms with Gasteiger partial charge in [0.15, 0.2) is 0 Å². The standard InChI is InChI=1S/C12H16BrFN2O3S/c1-4-16(8-12(17)15(2)3)20(18,19)9-5-6-10(13)11(14)7-9/h5-7H,4,8H2,1-3H3. The van der Waals surface area contributed by atoms with E-state index in [4.69, 9.17) is 0 Å². The molecular weight excluding hydrogens is 351 g/mol. The van der Waals surface area contributed by atoms with Crippen LogP contribution in [0.15, 0.2) is 27.6 Å². The van der Waals surface area contributed by atoms with Gasteiger partial charge in [-0.2, -0.15) is 4.31 Å². The average Bonchev–Trinajstić information content (AvgIpc) is 2.38. The maximum absolute atomic E-state index is 13.5. The lowest BCUT2D eigenvalue weighted by molar-refractivity contribution is -0.128. The lowest BCUT2D eigenvalue weighted by Crippen LogP contribution is -2.40. The van der Waals surface area contributed by atoms with E-state index in [9.17, 15) is 17.6 Å². The highest BCUT2D eigenvalue weighted by molar-refractivity contribution is 9.10. The maximum Gasteiger partial charge on any atom is 0.243 e. The Kier molecular flexibility index (Phi) is 5.67. The number of rotatable bonds is 5. The van der Waals surface area contributed by atoms with Crippen molar-refractivity contribution >= 4 is 31.9 Å². The molecule has 0 heterocycles. The monoisotopic (exact) mass is 366 g/mol. The quantitative estimate of drug-likeness (QED) is 0.796. The molecule has 1 rings (SSSR count). The number of likely N-dealkylation sites (N-methyl/N-ethyl adjacent to an activating group) is 2. The Balaban J connectivity index is 3.12. The van der Waals surface area contributed by atoms with Crippen molar-refractivity contribution in [2.45, 2.75) is 11.8 Å². The number of nitrogens with zero attached hydrogens (tertiary/aromatic N) is 2. The van der Waals surface area contributed by atoms with Gasteiger partial charge in [0.25, 0.3) is 0 Å². The molecule has 20 heavy (non-hydrogen) atoms. The molecule has 0 aliphatic rings. The molecule has 0 aliphatic carbocycles. The van der Waals surface area contributed by atoms with Crippen molar-refractivity contribution in [3.63, 3.8) is 0 Å². The molecule has 0 fully saturated rings. The maximum atomic E-state index is 13.5. The van der Waals surface area contributed by atoms with Crippen LogP contribution in [0.4, 0.5) is 4.39 Å². The number of hydrogen-bond acceptors (Lipinski definition) is 3. The molecule has 1 aromatic rings. The van der Waals surface area contributed by atoms with Gasteiger partial charge in [-0.1, -0.05) is 6.92 Å². The normalized spacial score (nSPS) is 11.7. The summed E-state index contributed by atoms with van der Waals surface area (Å²) in [5.41, 5.74) is 0. The zero-order valence-corrected chi connectivity index (χ0v) is 13.8.